The van der Waals surface area contributed by atoms with Crippen LogP contribution >= 0.6 is 11.6 Å². The van der Waals surface area contributed by atoms with E-state index in [-0.39, 0.29) is 6.42 Å². The Balaban J connectivity index is 1.99. The van der Waals surface area contributed by atoms with Gasteiger partial charge in [0.2, 0.25) is 0 Å². The number of aliphatic hydroxyl groups is 2. The third-order valence-electron chi connectivity index (χ3n) is 3.49. The maximum Gasteiger partial charge on any atom is 0.184 e. The summed E-state index contributed by atoms with van der Waals surface area (Å²) in [4.78, 5) is 24.2. The lowest BCUT2D eigenvalue weighted by Crippen LogP contribution is -2.27. The van der Waals surface area contributed by atoms with Crippen molar-refractivity contribution in [3.63, 3.8) is 0 Å². The molecule has 120 valence electrons. The quantitative estimate of drug-likeness (QED) is 0.764. The molecule has 0 aliphatic carbocycles. The molecule has 0 saturated heterocycles. The molecule has 0 fully saturated rings. The number of hydrogen-bond acceptors (Lipinski definition) is 4. The molecule has 0 aromatic heterocycles. The van der Waals surface area contributed by atoms with Crippen molar-refractivity contribution in [2.24, 2.45) is 0 Å². The first-order valence-corrected chi connectivity index (χ1v) is 7.61. The molecular formula is C18H17ClO4. The molecule has 2 aromatic carbocycles. The Bertz CT molecular complexity index is 657. The summed E-state index contributed by atoms with van der Waals surface area (Å²) in [6, 6.07) is 16.8. The molecule has 23 heavy (non-hydrogen) atoms. The summed E-state index contributed by atoms with van der Waals surface area (Å²) in [7, 11) is 0. The van der Waals surface area contributed by atoms with E-state index in [1.54, 1.807) is 60.7 Å². The summed E-state index contributed by atoms with van der Waals surface area (Å²) >= 11 is 5.96. The zero-order valence-electron chi connectivity index (χ0n) is 12.3. The number of carbonyl (C=O) groups is 2. The van der Waals surface area contributed by atoms with E-state index < -0.39 is 29.2 Å². The molecule has 4 nitrogen and oxygen atoms in total. The van der Waals surface area contributed by atoms with E-state index in [1.165, 1.54) is 0 Å². The molecule has 3 atom stereocenters. The zero-order valence-corrected chi connectivity index (χ0v) is 13.1. The summed E-state index contributed by atoms with van der Waals surface area (Å²) in [5, 5.41) is 18.8. The standard InChI is InChI=1S/C18H17ClO4/c19-14(18(23)17(22)13-9-5-2-6-10-13)11-15(20)16(21)12-7-3-1-4-8-12/h1-10,14,16-17,21-22H,11H2. The molecule has 0 heterocycles. The summed E-state index contributed by atoms with van der Waals surface area (Å²) in [5.41, 5.74) is 0.858. The van der Waals surface area contributed by atoms with Crippen molar-refractivity contribution < 1.29 is 19.8 Å². The lowest BCUT2D eigenvalue weighted by atomic mass is 9.97. The average Bonchev–Trinajstić information content (AvgIpc) is 2.61. The van der Waals surface area contributed by atoms with E-state index in [0.29, 0.717) is 11.1 Å². The topological polar surface area (TPSA) is 74.6 Å². The van der Waals surface area contributed by atoms with Crippen LogP contribution in [0, 0.1) is 0 Å². The number of rotatable bonds is 7. The second-order valence-corrected chi connectivity index (χ2v) is 5.69. The first-order valence-electron chi connectivity index (χ1n) is 7.17. The second kappa shape index (κ2) is 8.02. The fourth-order valence-corrected chi connectivity index (χ4v) is 2.45. The first-order chi connectivity index (χ1) is 11.0. The Labute approximate surface area is 139 Å². The molecule has 0 aliphatic rings. The van der Waals surface area contributed by atoms with Gasteiger partial charge in [-0.25, -0.2) is 0 Å². The van der Waals surface area contributed by atoms with Gasteiger partial charge in [-0.05, 0) is 11.1 Å². The number of halogens is 1. The van der Waals surface area contributed by atoms with Crippen molar-refractivity contribution in [1.82, 2.24) is 0 Å². The lowest BCUT2D eigenvalue weighted by molar-refractivity contribution is -0.132. The molecule has 0 aliphatic heterocycles. The molecule has 0 bridgehead atoms. The molecule has 2 aromatic rings. The van der Waals surface area contributed by atoms with Crippen molar-refractivity contribution in [2.75, 3.05) is 0 Å². The van der Waals surface area contributed by atoms with E-state index in [1.807, 2.05) is 0 Å². The van der Waals surface area contributed by atoms with E-state index in [9.17, 15) is 19.8 Å². The number of Topliss-reactive ketones (excluding diaryl/α,β-unsaturated/α-hetero) is 2. The fourth-order valence-electron chi connectivity index (χ4n) is 2.18. The van der Waals surface area contributed by atoms with Crippen LogP contribution in [0.25, 0.3) is 0 Å². The zero-order chi connectivity index (χ0) is 16.8. The predicted molar refractivity (Wildman–Crippen MR) is 87.1 cm³/mol. The Kier molecular flexibility index (Phi) is 6.04. The Hall–Kier alpha value is -2.01. The Morgan fingerprint density at radius 3 is 1.74 bits per heavy atom. The van der Waals surface area contributed by atoms with E-state index in [0.717, 1.165) is 0 Å². The molecule has 2 rings (SSSR count). The maximum absolute atomic E-state index is 12.1. The van der Waals surface area contributed by atoms with Gasteiger partial charge in [0.25, 0.3) is 0 Å². The SMILES string of the molecule is O=C(CC(Cl)C(=O)C(O)c1ccccc1)C(O)c1ccccc1. The van der Waals surface area contributed by atoms with Crippen molar-refractivity contribution in [2.45, 2.75) is 24.0 Å². The van der Waals surface area contributed by atoms with Crippen molar-refractivity contribution in [3.05, 3.63) is 71.8 Å². The number of benzene rings is 2. The summed E-state index contributed by atoms with van der Waals surface area (Å²) in [5.74, 6) is -1.23. The van der Waals surface area contributed by atoms with Crippen LogP contribution < -0.4 is 0 Å². The number of alkyl halides is 1. The minimum Gasteiger partial charge on any atom is -0.381 e. The van der Waals surface area contributed by atoms with Crippen molar-refractivity contribution in [3.8, 4) is 0 Å². The molecule has 0 amide bonds. The molecule has 0 saturated carbocycles. The minimum atomic E-state index is -1.39. The Morgan fingerprint density at radius 2 is 1.26 bits per heavy atom. The molecule has 0 spiro atoms. The monoisotopic (exact) mass is 332 g/mol. The fraction of sp³-hybridized carbons (Fsp3) is 0.222. The number of hydrogen-bond donors (Lipinski definition) is 2. The first kappa shape index (κ1) is 17.3. The van der Waals surface area contributed by atoms with Gasteiger partial charge < -0.3 is 10.2 Å². The normalized spacial score (nSPS) is 14.7. The van der Waals surface area contributed by atoms with Gasteiger partial charge in [0.1, 0.15) is 17.6 Å². The van der Waals surface area contributed by atoms with Crippen LogP contribution in [0.5, 0.6) is 0 Å². The highest BCUT2D eigenvalue weighted by atomic mass is 35.5. The molecule has 3 unspecified atom stereocenters. The molecule has 5 heteroatoms. The van der Waals surface area contributed by atoms with Gasteiger partial charge in [0.15, 0.2) is 11.6 Å². The van der Waals surface area contributed by atoms with E-state index >= 15 is 0 Å². The molecule has 0 radical (unpaired) electrons. The maximum atomic E-state index is 12.1. The highest BCUT2D eigenvalue weighted by molar-refractivity contribution is 6.32. The Morgan fingerprint density at radius 1 is 0.826 bits per heavy atom. The summed E-state index contributed by atoms with van der Waals surface area (Å²) < 4.78 is 0. The van der Waals surface area contributed by atoms with Crippen LogP contribution in [0.1, 0.15) is 29.8 Å². The smallest absolute Gasteiger partial charge is 0.184 e. The second-order valence-electron chi connectivity index (χ2n) is 5.17. The predicted octanol–water partition coefficient (Wildman–Crippen LogP) is 2.59. The van der Waals surface area contributed by atoms with Crippen LogP contribution in [-0.4, -0.2) is 27.2 Å². The molecule has 2 N–H and O–H groups in total. The van der Waals surface area contributed by atoms with Crippen LogP contribution in [-0.2, 0) is 9.59 Å². The molecular weight excluding hydrogens is 316 g/mol. The van der Waals surface area contributed by atoms with E-state index in [4.69, 9.17) is 11.6 Å². The van der Waals surface area contributed by atoms with Gasteiger partial charge in [-0.15, -0.1) is 11.6 Å². The van der Waals surface area contributed by atoms with Crippen LogP contribution in [0.3, 0.4) is 0 Å². The summed E-state index contributed by atoms with van der Waals surface area (Å²) in [6.07, 6.45) is -3.07. The highest BCUT2D eigenvalue weighted by Crippen LogP contribution is 2.22. The van der Waals surface area contributed by atoms with E-state index in [2.05, 4.69) is 0 Å². The van der Waals surface area contributed by atoms with Gasteiger partial charge >= 0.3 is 0 Å². The third-order valence-corrected chi connectivity index (χ3v) is 3.86. The number of ketones is 2. The van der Waals surface area contributed by atoms with Crippen LogP contribution in [0.4, 0.5) is 0 Å². The van der Waals surface area contributed by atoms with Gasteiger partial charge in [-0.1, -0.05) is 60.7 Å². The highest BCUT2D eigenvalue weighted by Gasteiger charge is 2.29. The van der Waals surface area contributed by atoms with Gasteiger partial charge in [-0.2, -0.15) is 0 Å². The van der Waals surface area contributed by atoms with Crippen molar-refractivity contribution in [1.29, 1.82) is 0 Å². The van der Waals surface area contributed by atoms with Gasteiger partial charge in [0, 0.05) is 6.42 Å². The minimum absolute atomic E-state index is 0.347. The van der Waals surface area contributed by atoms with Crippen molar-refractivity contribution >= 4 is 23.2 Å². The van der Waals surface area contributed by atoms with Gasteiger partial charge in [0.05, 0.1) is 0 Å². The number of carbonyl (C=O) groups excluding carboxylic acids is 2. The van der Waals surface area contributed by atoms with Crippen LogP contribution in [0.15, 0.2) is 60.7 Å². The average molecular weight is 333 g/mol. The summed E-state index contributed by atoms with van der Waals surface area (Å²) in [6.45, 7) is 0. The lowest BCUT2D eigenvalue weighted by Gasteiger charge is -2.15. The largest absolute Gasteiger partial charge is 0.381 e. The number of aliphatic hydroxyl groups excluding tert-OH is 2. The third kappa shape index (κ3) is 4.48. The van der Waals surface area contributed by atoms with Crippen LogP contribution in [0.2, 0.25) is 0 Å². The van der Waals surface area contributed by atoms with Gasteiger partial charge in [-0.3, -0.25) is 9.59 Å².